The second kappa shape index (κ2) is 9.38. The third-order valence-corrected chi connectivity index (χ3v) is 4.05. The number of benzene rings is 2. The lowest BCUT2D eigenvalue weighted by molar-refractivity contribution is -0.500. The number of ether oxygens (including phenoxy) is 2. The van der Waals surface area contributed by atoms with Gasteiger partial charge in [0.05, 0.1) is 17.7 Å². The molecule has 6 nitrogen and oxygen atoms in total. The molecular formula is C17H16Cl2N3O3S+. The standard InChI is InChI=1S/C17H15Cl2N3O3S/c1-20-17(26)22-21-9-10-3-6-14(15(7-10)24-2)25-16(23)12-5-4-11(18)8-13(12)19/h3-9H,1-2H3,(H2,20,22,26)/p+1. The molecule has 0 spiro atoms. The normalized spacial score (nSPS) is 10.5. The molecule has 0 fully saturated rings. The van der Waals surface area contributed by atoms with E-state index in [2.05, 4.69) is 15.8 Å². The zero-order valence-corrected chi connectivity index (χ0v) is 16.3. The van der Waals surface area contributed by atoms with Gasteiger partial charge in [0.2, 0.25) is 5.11 Å². The molecular weight excluding hydrogens is 397 g/mol. The Kier molecular flexibility index (Phi) is 7.20. The summed E-state index contributed by atoms with van der Waals surface area (Å²) in [5.74, 6) is 0.0374. The van der Waals surface area contributed by atoms with Crippen LogP contribution in [0.25, 0.3) is 0 Å². The van der Waals surface area contributed by atoms with Gasteiger partial charge in [0.1, 0.15) is 0 Å². The number of hydrazine groups is 1. The fraction of sp³-hybridized carbons (Fsp3) is 0.118. The van der Waals surface area contributed by atoms with Gasteiger partial charge < -0.3 is 14.8 Å². The quantitative estimate of drug-likeness (QED) is 0.228. The molecule has 9 heteroatoms. The van der Waals surface area contributed by atoms with Crippen LogP contribution in [0.5, 0.6) is 11.5 Å². The molecule has 0 saturated heterocycles. The maximum absolute atomic E-state index is 12.3. The van der Waals surface area contributed by atoms with E-state index in [4.69, 9.17) is 44.9 Å². The first-order valence-corrected chi connectivity index (χ1v) is 8.52. The van der Waals surface area contributed by atoms with E-state index in [0.29, 0.717) is 15.9 Å². The van der Waals surface area contributed by atoms with Crippen molar-refractivity contribution >= 4 is 52.7 Å². The summed E-state index contributed by atoms with van der Waals surface area (Å²) in [6, 6.07) is 9.60. The van der Waals surface area contributed by atoms with Crippen molar-refractivity contribution in [2.75, 3.05) is 14.2 Å². The van der Waals surface area contributed by atoms with Crippen LogP contribution in [0.4, 0.5) is 0 Å². The molecule has 0 amide bonds. The number of esters is 1. The highest BCUT2D eigenvalue weighted by molar-refractivity contribution is 7.80. The molecule has 0 unspecified atom stereocenters. The van der Waals surface area contributed by atoms with Gasteiger partial charge in [-0.2, -0.15) is 0 Å². The van der Waals surface area contributed by atoms with Crippen molar-refractivity contribution in [3.05, 3.63) is 57.6 Å². The Morgan fingerprint density at radius 1 is 1.19 bits per heavy atom. The Hall–Kier alpha value is -2.35. The highest BCUT2D eigenvalue weighted by Crippen LogP contribution is 2.29. The summed E-state index contributed by atoms with van der Waals surface area (Å²) in [6.07, 6.45) is 1.67. The molecule has 26 heavy (non-hydrogen) atoms. The van der Waals surface area contributed by atoms with Crippen molar-refractivity contribution in [3.8, 4) is 11.5 Å². The number of carbonyl (C=O) groups is 1. The molecule has 0 aliphatic rings. The van der Waals surface area contributed by atoms with Crippen LogP contribution in [0.2, 0.25) is 10.0 Å². The van der Waals surface area contributed by atoms with Crippen molar-refractivity contribution in [1.82, 2.24) is 10.7 Å². The number of hydrazone groups is 1. The lowest BCUT2D eigenvalue weighted by Crippen LogP contribution is -2.82. The van der Waals surface area contributed by atoms with E-state index in [9.17, 15) is 4.79 Å². The van der Waals surface area contributed by atoms with Crippen molar-refractivity contribution in [1.29, 1.82) is 0 Å². The first-order valence-electron chi connectivity index (χ1n) is 7.36. The third kappa shape index (κ3) is 5.32. The molecule has 2 aromatic rings. The van der Waals surface area contributed by atoms with Crippen molar-refractivity contribution in [3.63, 3.8) is 0 Å². The maximum atomic E-state index is 12.3. The maximum Gasteiger partial charge on any atom is 0.345 e. The van der Waals surface area contributed by atoms with Gasteiger partial charge in [0.15, 0.2) is 17.7 Å². The number of carbonyl (C=O) groups excluding carboxylic acids is 1. The summed E-state index contributed by atoms with van der Waals surface area (Å²) in [5.41, 5.74) is 3.74. The molecule has 0 aromatic heterocycles. The fourth-order valence-corrected chi connectivity index (χ4v) is 2.46. The van der Waals surface area contributed by atoms with Crippen LogP contribution in [-0.2, 0) is 0 Å². The second-order valence-electron chi connectivity index (χ2n) is 4.92. The van der Waals surface area contributed by atoms with Crippen LogP contribution in [0.1, 0.15) is 15.9 Å². The Morgan fingerprint density at radius 3 is 2.62 bits per heavy atom. The molecule has 2 aromatic carbocycles. The molecule has 136 valence electrons. The summed E-state index contributed by atoms with van der Waals surface area (Å²) < 4.78 is 10.7. The van der Waals surface area contributed by atoms with E-state index in [1.165, 1.54) is 19.2 Å². The predicted octanol–water partition coefficient (Wildman–Crippen LogP) is 1.73. The number of hydrogen-bond acceptors (Lipinski definition) is 4. The minimum absolute atomic E-state index is 0.209. The predicted molar refractivity (Wildman–Crippen MR) is 105 cm³/mol. The number of nitrogens with one attached hydrogen (secondary N) is 3. The number of thiocarbonyl (C=S) groups is 1. The van der Waals surface area contributed by atoms with Gasteiger partial charge >= 0.3 is 5.97 Å². The molecule has 0 atom stereocenters. The first-order chi connectivity index (χ1) is 12.4. The summed E-state index contributed by atoms with van der Waals surface area (Å²) in [7, 11) is 3.18. The molecule has 2 rings (SSSR count). The van der Waals surface area contributed by atoms with Gasteiger partial charge in [-0.05, 0) is 48.6 Å². The minimum Gasteiger partial charge on any atom is -0.493 e. The molecule has 0 aliphatic heterocycles. The van der Waals surface area contributed by atoms with Crippen LogP contribution < -0.4 is 25.3 Å². The highest BCUT2D eigenvalue weighted by atomic mass is 35.5. The van der Waals surface area contributed by atoms with Gasteiger partial charge in [-0.25, -0.2) is 4.79 Å². The number of hydrogen-bond donors (Lipinski definition) is 3. The van der Waals surface area contributed by atoms with Gasteiger partial charge in [-0.1, -0.05) is 23.2 Å². The van der Waals surface area contributed by atoms with Crippen LogP contribution in [-0.4, -0.2) is 31.5 Å². The van der Waals surface area contributed by atoms with Crippen LogP contribution in [0, 0.1) is 0 Å². The molecule has 0 aliphatic carbocycles. The lowest BCUT2D eigenvalue weighted by Gasteiger charge is -2.10. The lowest BCUT2D eigenvalue weighted by atomic mass is 10.2. The average Bonchev–Trinajstić information content (AvgIpc) is 2.62. The Morgan fingerprint density at radius 2 is 1.96 bits per heavy atom. The number of rotatable bonds is 5. The van der Waals surface area contributed by atoms with Gasteiger partial charge in [0, 0.05) is 17.6 Å². The van der Waals surface area contributed by atoms with Gasteiger partial charge in [-0.15, -0.1) is 10.5 Å². The van der Waals surface area contributed by atoms with Crippen LogP contribution in [0.15, 0.2) is 36.4 Å². The highest BCUT2D eigenvalue weighted by Gasteiger charge is 2.16. The Balaban J connectivity index is 2.16. The monoisotopic (exact) mass is 412 g/mol. The van der Waals surface area contributed by atoms with Crippen LogP contribution in [0.3, 0.4) is 0 Å². The van der Waals surface area contributed by atoms with E-state index in [1.54, 1.807) is 37.5 Å². The summed E-state index contributed by atoms with van der Waals surface area (Å²) >= 11 is 16.8. The largest absolute Gasteiger partial charge is 0.493 e. The van der Waals surface area contributed by atoms with E-state index < -0.39 is 5.97 Å². The molecule has 0 bridgehead atoms. The van der Waals surface area contributed by atoms with Crippen molar-refractivity contribution in [2.24, 2.45) is 0 Å². The second-order valence-corrected chi connectivity index (χ2v) is 6.17. The van der Waals surface area contributed by atoms with E-state index >= 15 is 0 Å². The molecule has 0 radical (unpaired) electrons. The number of halogens is 2. The number of methoxy groups -OCH3 is 1. The summed E-state index contributed by atoms with van der Waals surface area (Å²) in [4.78, 5) is 12.3. The smallest absolute Gasteiger partial charge is 0.345 e. The SMILES string of the molecule is CNC(=S)N[NH+]=Cc1ccc(OC(=O)c2ccc(Cl)cc2Cl)c(OC)c1. The Labute approximate surface area is 166 Å². The summed E-state index contributed by atoms with van der Waals surface area (Å²) in [6.45, 7) is 0. The average molecular weight is 413 g/mol. The zero-order valence-electron chi connectivity index (χ0n) is 13.9. The Bertz CT molecular complexity index is 859. The van der Waals surface area contributed by atoms with Crippen molar-refractivity contribution < 1.29 is 19.4 Å². The van der Waals surface area contributed by atoms with Crippen LogP contribution >= 0.6 is 35.4 Å². The van der Waals surface area contributed by atoms with Crippen molar-refractivity contribution in [2.45, 2.75) is 0 Å². The third-order valence-electron chi connectivity index (χ3n) is 3.19. The topological polar surface area (TPSA) is 73.6 Å². The zero-order chi connectivity index (χ0) is 19.1. The van der Waals surface area contributed by atoms with Gasteiger partial charge in [-0.3, -0.25) is 0 Å². The fourth-order valence-electron chi connectivity index (χ4n) is 1.92. The minimum atomic E-state index is -0.610. The molecule has 0 heterocycles. The molecule has 0 saturated carbocycles. The molecule has 3 N–H and O–H groups in total. The van der Waals surface area contributed by atoms with E-state index in [0.717, 1.165) is 5.56 Å². The van der Waals surface area contributed by atoms with Gasteiger partial charge in [0.25, 0.3) is 0 Å². The first kappa shape index (κ1) is 20.0. The van der Waals surface area contributed by atoms with E-state index in [-0.39, 0.29) is 16.3 Å². The summed E-state index contributed by atoms with van der Waals surface area (Å²) in [5, 5.41) is 6.68. The van der Waals surface area contributed by atoms with E-state index in [1.807, 2.05) is 0 Å².